The molecule has 1 aromatic carbocycles. The molecular weight excluding hydrogens is 356 g/mol. The second kappa shape index (κ2) is 8.13. The van der Waals surface area contributed by atoms with E-state index in [2.05, 4.69) is 6.58 Å². The quantitative estimate of drug-likeness (QED) is 0.612. The van der Waals surface area contributed by atoms with Crippen molar-refractivity contribution in [2.75, 3.05) is 6.61 Å². The van der Waals surface area contributed by atoms with Gasteiger partial charge in [0, 0.05) is 11.6 Å². The molecular formula is C22H22N2O4. The summed E-state index contributed by atoms with van der Waals surface area (Å²) in [6.45, 7) is 5.46. The average Bonchev–Trinajstić information content (AvgIpc) is 3.21. The third kappa shape index (κ3) is 3.44. The first-order valence-electron chi connectivity index (χ1n) is 9.26. The molecule has 0 spiro atoms. The molecule has 1 saturated carbocycles. The second-order valence-electron chi connectivity index (χ2n) is 6.88. The minimum Gasteiger partial charge on any atom is -0.494 e. The minimum atomic E-state index is -0.533. The molecule has 0 bridgehead atoms. The van der Waals surface area contributed by atoms with Gasteiger partial charge in [-0.1, -0.05) is 25.5 Å². The van der Waals surface area contributed by atoms with Crippen LogP contribution in [0.15, 0.2) is 41.7 Å². The van der Waals surface area contributed by atoms with Crippen LogP contribution in [0, 0.1) is 18.3 Å². The van der Waals surface area contributed by atoms with Crippen LogP contribution in [0.4, 0.5) is 0 Å². The van der Waals surface area contributed by atoms with Crippen molar-refractivity contribution >= 4 is 5.78 Å². The van der Waals surface area contributed by atoms with Crippen molar-refractivity contribution in [2.24, 2.45) is 0 Å². The maximum absolute atomic E-state index is 13.1. The van der Waals surface area contributed by atoms with Gasteiger partial charge in [0.25, 0.3) is 5.56 Å². The van der Waals surface area contributed by atoms with Crippen molar-refractivity contribution < 1.29 is 14.6 Å². The molecule has 3 rings (SSSR count). The molecule has 1 fully saturated rings. The Labute approximate surface area is 163 Å². The van der Waals surface area contributed by atoms with E-state index in [0.29, 0.717) is 17.9 Å². The lowest BCUT2D eigenvalue weighted by molar-refractivity contribution is 0.103. The van der Waals surface area contributed by atoms with Crippen LogP contribution in [0.5, 0.6) is 11.6 Å². The van der Waals surface area contributed by atoms with Crippen LogP contribution in [0.3, 0.4) is 0 Å². The van der Waals surface area contributed by atoms with Crippen LogP contribution >= 0.6 is 0 Å². The summed E-state index contributed by atoms with van der Waals surface area (Å²) >= 11 is 0. The van der Waals surface area contributed by atoms with Crippen molar-refractivity contribution in [1.29, 1.82) is 5.26 Å². The molecule has 28 heavy (non-hydrogen) atoms. The number of ether oxygens (including phenoxy) is 1. The largest absolute Gasteiger partial charge is 0.494 e. The van der Waals surface area contributed by atoms with E-state index in [9.17, 15) is 20.0 Å². The first-order chi connectivity index (χ1) is 13.5. The first-order valence-corrected chi connectivity index (χ1v) is 9.26. The smallest absolute Gasteiger partial charge is 0.271 e. The Bertz CT molecular complexity index is 1010. The number of hydrogen-bond donors (Lipinski definition) is 1. The number of pyridine rings is 1. The molecule has 0 amide bonds. The number of nitrogens with zero attached hydrogens (tertiary/aromatic N) is 2. The summed E-state index contributed by atoms with van der Waals surface area (Å²) in [6.07, 6.45) is 4.99. The molecule has 144 valence electrons. The van der Waals surface area contributed by atoms with E-state index in [0.717, 1.165) is 25.7 Å². The second-order valence-corrected chi connectivity index (χ2v) is 6.88. The van der Waals surface area contributed by atoms with E-state index >= 15 is 0 Å². The zero-order chi connectivity index (χ0) is 20.3. The predicted molar refractivity (Wildman–Crippen MR) is 105 cm³/mol. The normalized spacial score (nSPS) is 13.9. The Balaban J connectivity index is 2.09. The van der Waals surface area contributed by atoms with Crippen molar-refractivity contribution in [1.82, 2.24) is 4.57 Å². The number of carbonyl (C=O) groups excluding carboxylic acids is 1. The zero-order valence-corrected chi connectivity index (χ0v) is 15.8. The fraction of sp³-hybridized carbons (Fsp3) is 0.318. The molecule has 6 heteroatoms. The highest BCUT2D eigenvalue weighted by Crippen LogP contribution is 2.34. The molecule has 1 aromatic heterocycles. The molecule has 0 saturated heterocycles. The molecule has 1 N–H and O–H groups in total. The summed E-state index contributed by atoms with van der Waals surface area (Å²) in [4.78, 5) is 25.8. The summed E-state index contributed by atoms with van der Waals surface area (Å²) in [5, 5.41) is 20.3. The molecule has 1 heterocycles. The fourth-order valence-corrected chi connectivity index (χ4v) is 3.70. The lowest BCUT2D eigenvalue weighted by Crippen LogP contribution is -2.29. The zero-order valence-electron chi connectivity index (χ0n) is 15.8. The van der Waals surface area contributed by atoms with Gasteiger partial charge in [-0.25, -0.2) is 0 Å². The molecule has 2 aromatic rings. The van der Waals surface area contributed by atoms with Crippen molar-refractivity contribution in [3.63, 3.8) is 0 Å². The van der Waals surface area contributed by atoms with Crippen LogP contribution in [0.25, 0.3) is 0 Å². The van der Waals surface area contributed by atoms with Crippen LogP contribution < -0.4 is 10.3 Å². The Hall–Kier alpha value is -3.33. The molecule has 0 unspecified atom stereocenters. The maximum atomic E-state index is 13.1. The summed E-state index contributed by atoms with van der Waals surface area (Å²) in [5.74, 6) is -0.204. The highest BCUT2D eigenvalue weighted by molar-refractivity contribution is 6.11. The molecule has 0 aliphatic heterocycles. The van der Waals surface area contributed by atoms with E-state index in [-0.39, 0.29) is 28.6 Å². The monoisotopic (exact) mass is 378 g/mol. The number of ketones is 1. The highest BCUT2D eigenvalue weighted by atomic mass is 16.5. The fourth-order valence-electron chi connectivity index (χ4n) is 3.70. The Morgan fingerprint density at radius 3 is 2.57 bits per heavy atom. The van der Waals surface area contributed by atoms with Gasteiger partial charge in [-0.3, -0.25) is 14.2 Å². The molecule has 0 atom stereocenters. The van der Waals surface area contributed by atoms with Crippen LogP contribution in [0.2, 0.25) is 0 Å². The number of hydrogen-bond acceptors (Lipinski definition) is 5. The Morgan fingerprint density at radius 2 is 2.00 bits per heavy atom. The van der Waals surface area contributed by atoms with E-state index < -0.39 is 11.3 Å². The van der Waals surface area contributed by atoms with Gasteiger partial charge >= 0.3 is 0 Å². The minimum absolute atomic E-state index is 0.00260. The van der Waals surface area contributed by atoms with Gasteiger partial charge in [-0.05, 0) is 49.6 Å². The predicted octanol–water partition coefficient (Wildman–Crippen LogP) is 3.64. The van der Waals surface area contributed by atoms with Crippen LogP contribution in [-0.4, -0.2) is 22.1 Å². The summed E-state index contributed by atoms with van der Waals surface area (Å²) in [7, 11) is 0. The van der Waals surface area contributed by atoms with Gasteiger partial charge in [-0.15, -0.1) is 0 Å². The number of aromatic hydroxyl groups is 1. The summed E-state index contributed by atoms with van der Waals surface area (Å²) < 4.78 is 6.64. The number of rotatable bonds is 6. The van der Waals surface area contributed by atoms with Gasteiger partial charge in [0.1, 0.15) is 24.0 Å². The first kappa shape index (κ1) is 19.4. The molecule has 1 aliphatic carbocycles. The highest BCUT2D eigenvalue weighted by Gasteiger charge is 2.29. The van der Waals surface area contributed by atoms with Crippen molar-refractivity contribution in [2.45, 2.75) is 38.6 Å². The standard InChI is InChI=1S/C22H22N2O4/c1-3-12-28-17-10-8-15(9-11-17)20(25)19-14(2)18(13-23)21(26)24(22(19)27)16-6-4-5-7-16/h3,8-11,16,27H,1,4-7,12H2,2H3. The third-order valence-electron chi connectivity index (χ3n) is 5.15. The van der Waals surface area contributed by atoms with Gasteiger partial charge < -0.3 is 9.84 Å². The topological polar surface area (TPSA) is 92.3 Å². The maximum Gasteiger partial charge on any atom is 0.271 e. The van der Waals surface area contributed by atoms with E-state index in [4.69, 9.17) is 4.74 Å². The van der Waals surface area contributed by atoms with Gasteiger partial charge in [0.15, 0.2) is 5.78 Å². The molecule has 1 aliphatic rings. The lowest BCUT2D eigenvalue weighted by Gasteiger charge is -2.20. The van der Waals surface area contributed by atoms with Crippen molar-refractivity contribution in [3.05, 3.63) is 69.5 Å². The Morgan fingerprint density at radius 1 is 1.36 bits per heavy atom. The molecule has 6 nitrogen and oxygen atoms in total. The van der Waals surface area contributed by atoms with E-state index in [1.165, 1.54) is 11.5 Å². The van der Waals surface area contributed by atoms with Crippen molar-refractivity contribution in [3.8, 4) is 17.7 Å². The lowest BCUT2D eigenvalue weighted by atomic mass is 9.96. The average molecular weight is 378 g/mol. The van der Waals surface area contributed by atoms with Gasteiger partial charge in [0.2, 0.25) is 5.88 Å². The summed E-state index contributed by atoms with van der Waals surface area (Å²) in [6, 6.07) is 8.21. The van der Waals surface area contributed by atoms with Crippen LogP contribution in [-0.2, 0) is 0 Å². The van der Waals surface area contributed by atoms with Gasteiger partial charge in [0.05, 0.1) is 5.56 Å². The summed E-state index contributed by atoms with van der Waals surface area (Å²) in [5.41, 5.74) is -0.0861. The number of nitriles is 1. The SMILES string of the molecule is C=CCOc1ccc(C(=O)c2c(C)c(C#N)c(=O)n(C3CCCC3)c2O)cc1. The Kier molecular flexibility index (Phi) is 5.65. The van der Waals surface area contributed by atoms with Gasteiger partial charge in [-0.2, -0.15) is 5.26 Å². The third-order valence-corrected chi connectivity index (χ3v) is 5.15. The van der Waals surface area contributed by atoms with E-state index in [1.807, 2.05) is 6.07 Å². The number of benzene rings is 1. The van der Waals surface area contributed by atoms with Crippen LogP contribution in [0.1, 0.15) is 58.8 Å². The molecule has 0 radical (unpaired) electrons. The number of carbonyl (C=O) groups is 1. The number of aromatic nitrogens is 1. The van der Waals surface area contributed by atoms with E-state index in [1.54, 1.807) is 30.3 Å².